The molecule has 0 aromatic rings. The second-order valence-corrected chi connectivity index (χ2v) is 5.94. The largest absolute Gasteiger partial charge is 0.369 e. The number of epoxide rings is 1. The Hall–Kier alpha value is -0.520. The van der Waals surface area contributed by atoms with Gasteiger partial charge in [0.2, 0.25) is 0 Å². The van der Waals surface area contributed by atoms with Crippen LogP contribution in [-0.4, -0.2) is 24.9 Å². The van der Waals surface area contributed by atoms with Crippen molar-refractivity contribution in [2.75, 3.05) is 7.11 Å². The summed E-state index contributed by atoms with van der Waals surface area (Å²) in [6.07, 6.45) is 5.02. The Bertz CT molecular complexity index is 349. The Balaban J connectivity index is 1.57. The van der Waals surface area contributed by atoms with E-state index in [2.05, 4.69) is 11.8 Å². The Kier molecular flexibility index (Phi) is 2.31. The van der Waals surface area contributed by atoms with Crippen molar-refractivity contribution in [2.24, 2.45) is 17.8 Å². The summed E-state index contributed by atoms with van der Waals surface area (Å²) >= 11 is 0. The van der Waals surface area contributed by atoms with Crippen LogP contribution in [0.5, 0.6) is 0 Å². The van der Waals surface area contributed by atoms with Gasteiger partial charge in [-0.1, -0.05) is 11.8 Å². The first-order chi connectivity index (χ1) is 7.61. The molecule has 3 aliphatic rings. The molecular weight excluding hydrogens is 200 g/mol. The van der Waals surface area contributed by atoms with E-state index in [1.165, 1.54) is 12.8 Å². The summed E-state index contributed by atoms with van der Waals surface area (Å²) in [7, 11) is 1.72. The van der Waals surface area contributed by atoms with Gasteiger partial charge in [-0.15, -0.1) is 0 Å². The van der Waals surface area contributed by atoms with Crippen LogP contribution >= 0.6 is 0 Å². The van der Waals surface area contributed by atoms with Gasteiger partial charge in [0, 0.05) is 13.5 Å². The van der Waals surface area contributed by atoms with E-state index in [0.717, 1.165) is 24.2 Å². The maximum absolute atomic E-state index is 5.67. The van der Waals surface area contributed by atoms with Crippen LogP contribution in [0.15, 0.2) is 0 Å². The first kappa shape index (κ1) is 10.6. The van der Waals surface area contributed by atoms with Gasteiger partial charge in [-0.05, 0) is 44.4 Å². The third-order valence-corrected chi connectivity index (χ3v) is 4.50. The molecule has 5 unspecified atom stereocenters. The molecule has 1 aliphatic heterocycles. The minimum atomic E-state index is -0.295. The number of hydrogen-bond acceptors (Lipinski definition) is 2. The lowest BCUT2D eigenvalue weighted by Gasteiger charge is -2.17. The van der Waals surface area contributed by atoms with Crippen molar-refractivity contribution in [3.8, 4) is 11.8 Å². The molecule has 2 heteroatoms. The van der Waals surface area contributed by atoms with E-state index in [9.17, 15) is 0 Å². The molecule has 16 heavy (non-hydrogen) atoms. The van der Waals surface area contributed by atoms with Gasteiger partial charge in [-0.25, -0.2) is 0 Å². The van der Waals surface area contributed by atoms with E-state index < -0.39 is 0 Å². The molecule has 0 aromatic carbocycles. The summed E-state index contributed by atoms with van der Waals surface area (Å²) in [5.41, 5.74) is -0.295. The van der Waals surface area contributed by atoms with Gasteiger partial charge in [0.1, 0.15) is 5.60 Å². The van der Waals surface area contributed by atoms with Crippen molar-refractivity contribution in [1.82, 2.24) is 0 Å². The second kappa shape index (κ2) is 3.48. The van der Waals surface area contributed by atoms with Crippen LogP contribution in [0.1, 0.15) is 33.1 Å². The zero-order chi connectivity index (χ0) is 11.3. The predicted molar refractivity (Wildman–Crippen MR) is 61.8 cm³/mol. The van der Waals surface area contributed by atoms with Gasteiger partial charge in [-0.2, -0.15) is 0 Å². The Morgan fingerprint density at radius 2 is 2.12 bits per heavy atom. The van der Waals surface area contributed by atoms with Crippen molar-refractivity contribution in [2.45, 2.75) is 50.9 Å². The lowest BCUT2D eigenvalue weighted by atomic mass is 9.86. The minimum Gasteiger partial charge on any atom is -0.369 e. The zero-order valence-electron chi connectivity index (χ0n) is 10.3. The van der Waals surface area contributed by atoms with E-state index in [1.54, 1.807) is 7.11 Å². The quantitative estimate of drug-likeness (QED) is 0.526. The number of methoxy groups -OCH3 is 1. The summed E-state index contributed by atoms with van der Waals surface area (Å²) in [6, 6.07) is 0. The van der Waals surface area contributed by atoms with E-state index in [-0.39, 0.29) is 5.60 Å². The molecule has 0 spiro atoms. The highest BCUT2D eigenvalue weighted by atomic mass is 16.6. The fourth-order valence-electron chi connectivity index (χ4n) is 3.41. The molecule has 2 bridgehead atoms. The van der Waals surface area contributed by atoms with Gasteiger partial charge < -0.3 is 9.47 Å². The summed E-state index contributed by atoms with van der Waals surface area (Å²) in [5, 5.41) is 0. The molecule has 0 N–H and O–H groups in total. The molecule has 3 fully saturated rings. The Morgan fingerprint density at radius 3 is 2.75 bits per heavy atom. The molecule has 2 saturated carbocycles. The van der Waals surface area contributed by atoms with Crippen LogP contribution in [0.25, 0.3) is 0 Å². The van der Waals surface area contributed by atoms with Crippen molar-refractivity contribution < 1.29 is 9.47 Å². The van der Waals surface area contributed by atoms with Crippen molar-refractivity contribution in [1.29, 1.82) is 0 Å². The highest BCUT2D eigenvalue weighted by Gasteiger charge is 2.62. The standard InChI is InChI=1S/C14H20O2/c1-14(2,15-3)6-4-5-9-7-10-8-11(9)13-12(10)16-13/h9-13H,5,7-8H2,1-3H3. The van der Waals surface area contributed by atoms with Gasteiger partial charge >= 0.3 is 0 Å². The minimum absolute atomic E-state index is 0.295. The molecule has 3 rings (SSSR count). The highest BCUT2D eigenvalue weighted by Crippen LogP contribution is 2.59. The van der Waals surface area contributed by atoms with Crippen molar-refractivity contribution >= 4 is 0 Å². The Morgan fingerprint density at radius 1 is 1.31 bits per heavy atom. The second-order valence-electron chi connectivity index (χ2n) is 5.94. The molecule has 2 aliphatic carbocycles. The first-order valence-electron chi connectivity index (χ1n) is 6.31. The topological polar surface area (TPSA) is 21.8 Å². The molecule has 1 heterocycles. The zero-order valence-corrected chi connectivity index (χ0v) is 10.3. The molecule has 0 aromatic heterocycles. The van der Waals surface area contributed by atoms with Gasteiger partial charge in [0.05, 0.1) is 12.2 Å². The monoisotopic (exact) mass is 220 g/mol. The van der Waals surface area contributed by atoms with Crippen molar-refractivity contribution in [3.63, 3.8) is 0 Å². The van der Waals surface area contributed by atoms with Crippen LogP contribution in [0.3, 0.4) is 0 Å². The third-order valence-electron chi connectivity index (χ3n) is 4.50. The third kappa shape index (κ3) is 1.67. The van der Waals surface area contributed by atoms with Crippen LogP contribution in [0, 0.1) is 29.6 Å². The van der Waals surface area contributed by atoms with E-state index >= 15 is 0 Å². The first-order valence-corrected chi connectivity index (χ1v) is 6.31. The average Bonchev–Trinajstić information content (AvgIpc) is 2.87. The maximum atomic E-state index is 5.67. The van der Waals surface area contributed by atoms with Gasteiger partial charge in [-0.3, -0.25) is 0 Å². The molecular formula is C14H20O2. The van der Waals surface area contributed by atoms with E-state index in [1.807, 2.05) is 13.8 Å². The lowest BCUT2D eigenvalue weighted by molar-refractivity contribution is 0.0740. The Labute approximate surface area is 97.7 Å². The summed E-state index contributed by atoms with van der Waals surface area (Å²) in [4.78, 5) is 0. The molecule has 0 amide bonds. The van der Waals surface area contributed by atoms with Crippen molar-refractivity contribution in [3.05, 3.63) is 0 Å². The number of fused-ring (bicyclic) bond motifs is 5. The van der Waals surface area contributed by atoms with E-state index in [0.29, 0.717) is 12.2 Å². The number of ether oxygens (including phenoxy) is 2. The molecule has 0 radical (unpaired) electrons. The fourth-order valence-corrected chi connectivity index (χ4v) is 3.41. The van der Waals surface area contributed by atoms with Gasteiger partial charge in [0.15, 0.2) is 0 Å². The fraction of sp³-hybridized carbons (Fsp3) is 0.857. The smallest absolute Gasteiger partial charge is 0.122 e. The SMILES string of the molecule is COC(C)(C)C#CCC1CC2CC1C1OC21. The lowest BCUT2D eigenvalue weighted by Crippen LogP contribution is -2.20. The number of rotatable bonds is 2. The van der Waals surface area contributed by atoms with Crippen LogP contribution in [-0.2, 0) is 9.47 Å². The molecule has 2 nitrogen and oxygen atoms in total. The summed E-state index contributed by atoms with van der Waals surface area (Å²) in [6.45, 7) is 4.03. The highest BCUT2D eigenvalue weighted by molar-refractivity contribution is 5.16. The molecule has 1 saturated heterocycles. The number of hydrogen-bond donors (Lipinski definition) is 0. The van der Waals surface area contributed by atoms with Crippen LogP contribution < -0.4 is 0 Å². The summed E-state index contributed by atoms with van der Waals surface area (Å²) in [5.74, 6) is 8.98. The van der Waals surface area contributed by atoms with Crippen LogP contribution in [0.2, 0.25) is 0 Å². The van der Waals surface area contributed by atoms with Gasteiger partial charge in [0.25, 0.3) is 0 Å². The normalized spacial score (nSPS) is 43.8. The average molecular weight is 220 g/mol. The van der Waals surface area contributed by atoms with E-state index in [4.69, 9.17) is 9.47 Å². The predicted octanol–water partition coefficient (Wildman–Crippen LogP) is 2.23. The maximum Gasteiger partial charge on any atom is 0.122 e. The molecule has 5 atom stereocenters. The van der Waals surface area contributed by atoms with Crippen LogP contribution in [0.4, 0.5) is 0 Å². The molecule has 88 valence electrons. The summed E-state index contributed by atoms with van der Waals surface area (Å²) < 4.78 is 11.0.